The topological polar surface area (TPSA) is 64.3 Å². The highest BCUT2D eigenvalue weighted by molar-refractivity contribution is 6.32. The van der Waals surface area contributed by atoms with Crippen LogP contribution in [0.15, 0.2) is 18.2 Å². The van der Waals surface area contributed by atoms with Crippen LogP contribution in [0, 0.1) is 17.2 Å². The van der Waals surface area contributed by atoms with Gasteiger partial charge in [-0.2, -0.15) is 5.26 Å². The number of phenolic OH excluding ortho intramolecular Hbond substituents is 1. The summed E-state index contributed by atoms with van der Waals surface area (Å²) in [6.45, 7) is 2.10. The maximum absolute atomic E-state index is 11.9. The number of hydrogen-bond acceptors (Lipinski definition) is 3. The molecule has 1 aromatic carbocycles. The Morgan fingerprint density at radius 3 is 2.82 bits per heavy atom. The number of carbonyl (C=O) groups is 1. The Morgan fingerprint density at radius 2 is 2.29 bits per heavy atom. The van der Waals surface area contributed by atoms with Gasteiger partial charge in [-0.15, -0.1) is 0 Å². The van der Waals surface area contributed by atoms with E-state index in [-0.39, 0.29) is 22.6 Å². The first-order valence-electron chi connectivity index (χ1n) is 5.09. The van der Waals surface area contributed by atoms with E-state index in [0.29, 0.717) is 12.1 Å². The third kappa shape index (κ3) is 3.36. The molecule has 0 saturated heterocycles. The van der Waals surface area contributed by atoms with E-state index in [1.807, 2.05) is 0 Å². The number of phenols is 1. The molecule has 0 spiro atoms. The fourth-order valence-corrected chi connectivity index (χ4v) is 1.58. The zero-order chi connectivity index (χ0) is 13.0. The maximum Gasteiger partial charge on any atom is 0.253 e. The molecular weight excluding hydrogens is 240 g/mol. The van der Waals surface area contributed by atoms with Crippen molar-refractivity contribution in [3.8, 4) is 11.8 Å². The fourth-order valence-electron chi connectivity index (χ4n) is 1.39. The Balaban J connectivity index is 2.82. The second-order valence-electron chi connectivity index (χ2n) is 3.88. The minimum Gasteiger partial charge on any atom is -0.506 e. The zero-order valence-electron chi connectivity index (χ0n) is 9.64. The Labute approximate surface area is 105 Å². The summed E-state index contributed by atoms with van der Waals surface area (Å²) in [6.07, 6.45) is 0. The molecule has 1 rings (SSSR count). The summed E-state index contributed by atoms with van der Waals surface area (Å²) in [5.41, 5.74) is 0.389. The highest BCUT2D eigenvalue weighted by Crippen LogP contribution is 2.24. The quantitative estimate of drug-likeness (QED) is 0.898. The van der Waals surface area contributed by atoms with Crippen molar-refractivity contribution in [1.29, 1.82) is 5.26 Å². The lowest BCUT2D eigenvalue weighted by Crippen LogP contribution is -2.30. The number of nitrogens with zero attached hydrogens (tertiary/aromatic N) is 2. The van der Waals surface area contributed by atoms with Gasteiger partial charge in [0, 0.05) is 19.2 Å². The Bertz CT molecular complexity index is 468. The third-order valence-electron chi connectivity index (χ3n) is 2.31. The molecule has 0 heterocycles. The van der Waals surface area contributed by atoms with Crippen LogP contribution in [0.3, 0.4) is 0 Å². The SMILES string of the molecule is CC(C#N)CN(C)C(=O)c1ccc(O)c(Cl)c1. The van der Waals surface area contributed by atoms with Crippen molar-refractivity contribution in [2.24, 2.45) is 5.92 Å². The predicted octanol–water partition coefficient (Wildman–Crippen LogP) is 2.28. The summed E-state index contributed by atoms with van der Waals surface area (Å²) >= 11 is 5.72. The molecule has 1 aromatic rings. The third-order valence-corrected chi connectivity index (χ3v) is 2.61. The second kappa shape index (κ2) is 5.55. The molecule has 0 fully saturated rings. The molecule has 1 atom stereocenters. The van der Waals surface area contributed by atoms with Gasteiger partial charge in [-0.05, 0) is 25.1 Å². The Morgan fingerprint density at radius 1 is 1.65 bits per heavy atom. The van der Waals surface area contributed by atoms with E-state index in [0.717, 1.165) is 0 Å². The minimum atomic E-state index is -0.228. The number of amides is 1. The van der Waals surface area contributed by atoms with Gasteiger partial charge in [0.05, 0.1) is 17.0 Å². The lowest BCUT2D eigenvalue weighted by molar-refractivity contribution is 0.0785. The van der Waals surface area contributed by atoms with Gasteiger partial charge in [0.15, 0.2) is 0 Å². The van der Waals surface area contributed by atoms with Gasteiger partial charge in [-0.1, -0.05) is 11.6 Å². The highest BCUT2D eigenvalue weighted by Gasteiger charge is 2.15. The van der Waals surface area contributed by atoms with Crippen LogP contribution in [0.25, 0.3) is 0 Å². The van der Waals surface area contributed by atoms with Crippen LogP contribution >= 0.6 is 11.6 Å². The van der Waals surface area contributed by atoms with Gasteiger partial charge in [0.1, 0.15) is 5.75 Å². The van der Waals surface area contributed by atoms with Crippen molar-refractivity contribution in [3.05, 3.63) is 28.8 Å². The second-order valence-corrected chi connectivity index (χ2v) is 4.29. The van der Waals surface area contributed by atoms with Crippen LogP contribution in [0.4, 0.5) is 0 Å². The number of halogens is 1. The molecule has 90 valence electrons. The Kier molecular flexibility index (Phi) is 4.36. The van der Waals surface area contributed by atoms with Crippen molar-refractivity contribution < 1.29 is 9.90 Å². The van der Waals surface area contributed by atoms with Crippen molar-refractivity contribution in [2.45, 2.75) is 6.92 Å². The lowest BCUT2D eigenvalue weighted by Gasteiger charge is -2.18. The summed E-state index contributed by atoms with van der Waals surface area (Å²) in [4.78, 5) is 13.4. The number of benzene rings is 1. The number of carbonyl (C=O) groups excluding carboxylic acids is 1. The fraction of sp³-hybridized carbons (Fsp3) is 0.333. The first kappa shape index (κ1) is 13.3. The molecule has 4 nitrogen and oxygen atoms in total. The molecule has 1 N–H and O–H groups in total. The van der Waals surface area contributed by atoms with Gasteiger partial charge in [0.25, 0.3) is 5.91 Å². The monoisotopic (exact) mass is 252 g/mol. The smallest absolute Gasteiger partial charge is 0.253 e. The van der Waals surface area contributed by atoms with E-state index in [1.165, 1.54) is 23.1 Å². The van der Waals surface area contributed by atoms with Crippen LogP contribution in [0.1, 0.15) is 17.3 Å². The van der Waals surface area contributed by atoms with E-state index in [1.54, 1.807) is 14.0 Å². The van der Waals surface area contributed by atoms with Gasteiger partial charge in [-0.3, -0.25) is 4.79 Å². The first-order valence-corrected chi connectivity index (χ1v) is 5.47. The lowest BCUT2D eigenvalue weighted by atomic mass is 10.1. The normalized spacial score (nSPS) is 11.6. The van der Waals surface area contributed by atoms with Gasteiger partial charge < -0.3 is 10.0 Å². The molecule has 1 unspecified atom stereocenters. The van der Waals surface area contributed by atoms with Crippen molar-refractivity contribution in [2.75, 3.05) is 13.6 Å². The number of nitriles is 1. The molecule has 5 heteroatoms. The standard InChI is InChI=1S/C12H13ClN2O2/c1-8(6-14)7-15(2)12(17)9-3-4-11(16)10(13)5-9/h3-5,8,16H,7H2,1-2H3. The maximum atomic E-state index is 11.9. The molecule has 0 saturated carbocycles. The molecule has 0 aliphatic heterocycles. The van der Waals surface area contributed by atoms with E-state index >= 15 is 0 Å². The van der Waals surface area contributed by atoms with Gasteiger partial charge >= 0.3 is 0 Å². The Hall–Kier alpha value is -1.73. The predicted molar refractivity (Wildman–Crippen MR) is 64.9 cm³/mol. The van der Waals surface area contributed by atoms with Gasteiger partial charge in [-0.25, -0.2) is 0 Å². The minimum absolute atomic E-state index is 0.0590. The highest BCUT2D eigenvalue weighted by atomic mass is 35.5. The molecule has 0 radical (unpaired) electrons. The molecule has 0 bridgehead atoms. The average molecular weight is 253 g/mol. The summed E-state index contributed by atoms with van der Waals surface area (Å²) in [5.74, 6) is -0.512. The van der Waals surface area contributed by atoms with Crippen molar-refractivity contribution in [3.63, 3.8) is 0 Å². The number of hydrogen-bond donors (Lipinski definition) is 1. The molecule has 17 heavy (non-hydrogen) atoms. The first-order chi connectivity index (χ1) is 7.95. The molecule has 0 aliphatic carbocycles. The van der Waals surface area contributed by atoms with E-state index in [9.17, 15) is 9.90 Å². The molecule has 0 aliphatic rings. The van der Waals surface area contributed by atoms with Crippen LogP contribution in [0.2, 0.25) is 5.02 Å². The van der Waals surface area contributed by atoms with Gasteiger partial charge in [0.2, 0.25) is 0 Å². The summed E-state index contributed by atoms with van der Waals surface area (Å²) in [7, 11) is 1.62. The number of rotatable bonds is 3. The number of aromatic hydroxyl groups is 1. The van der Waals surface area contributed by atoms with E-state index in [2.05, 4.69) is 6.07 Å². The van der Waals surface area contributed by atoms with Crippen LogP contribution in [-0.4, -0.2) is 29.5 Å². The van der Waals surface area contributed by atoms with Crippen LogP contribution in [-0.2, 0) is 0 Å². The average Bonchev–Trinajstić information content (AvgIpc) is 2.31. The van der Waals surface area contributed by atoms with Crippen molar-refractivity contribution in [1.82, 2.24) is 4.90 Å². The summed E-state index contributed by atoms with van der Waals surface area (Å²) in [5, 5.41) is 18.1. The van der Waals surface area contributed by atoms with E-state index in [4.69, 9.17) is 16.9 Å². The summed E-state index contributed by atoms with van der Waals surface area (Å²) < 4.78 is 0. The van der Waals surface area contributed by atoms with E-state index < -0.39 is 0 Å². The molecule has 1 amide bonds. The largest absolute Gasteiger partial charge is 0.506 e. The van der Waals surface area contributed by atoms with Crippen LogP contribution < -0.4 is 0 Å². The van der Waals surface area contributed by atoms with Crippen LogP contribution in [0.5, 0.6) is 5.75 Å². The van der Waals surface area contributed by atoms with Crippen molar-refractivity contribution >= 4 is 17.5 Å². The molecular formula is C12H13ClN2O2. The zero-order valence-corrected chi connectivity index (χ0v) is 10.4. The molecule has 0 aromatic heterocycles. The summed E-state index contributed by atoms with van der Waals surface area (Å²) in [6, 6.07) is 6.34.